The van der Waals surface area contributed by atoms with Crippen LogP contribution in [0.2, 0.25) is 5.02 Å². The number of hydrogen-bond acceptors (Lipinski definition) is 7. The van der Waals surface area contributed by atoms with Crippen molar-refractivity contribution in [2.24, 2.45) is 5.41 Å². The summed E-state index contributed by atoms with van der Waals surface area (Å²) in [5.74, 6) is -0.330. The van der Waals surface area contributed by atoms with E-state index in [4.69, 9.17) is 16.0 Å². The molecule has 3 aromatic rings. The summed E-state index contributed by atoms with van der Waals surface area (Å²) in [6, 6.07) is 5.26. The number of aryl methyl sites for hydroxylation is 1. The molecule has 2 atom stereocenters. The molecule has 2 aromatic carbocycles. The van der Waals surface area contributed by atoms with E-state index in [2.05, 4.69) is 10.6 Å². The highest BCUT2D eigenvalue weighted by atomic mass is 35.5. The molecule has 9 nitrogen and oxygen atoms in total. The Morgan fingerprint density at radius 1 is 1.11 bits per heavy atom. The van der Waals surface area contributed by atoms with Crippen molar-refractivity contribution >= 4 is 40.5 Å². The summed E-state index contributed by atoms with van der Waals surface area (Å²) in [4.78, 5) is 50.8. The molecule has 1 aliphatic heterocycles. The zero-order valence-electron chi connectivity index (χ0n) is 20.0. The fraction of sp³-hybridized carbons (Fsp3) is 0.360. The van der Waals surface area contributed by atoms with Crippen molar-refractivity contribution in [2.45, 2.75) is 53.2 Å². The highest BCUT2D eigenvalue weighted by Crippen LogP contribution is 2.40. The zero-order chi connectivity index (χ0) is 25.8. The smallest absolute Gasteiger partial charge is 0.326 e. The van der Waals surface area contributed by atoms with Gasteiger partial charge in [-0.2, -0.15) is 0 Å². The van der Waals surface area contributed by atoms with Crippen LogP contribution in [0, 0.1) is 12.3 Å². The average Bonchev–Trinajstić information content (AvgIpc) is 3.36. The summed E-state index contributed by atoms with van der Waals surface area (Å²) in [7, 11) is 0. The normalized spacial score (nSPS) is 15.3. The van der Waals surface area contributed by atoms with Crippen LogP contribution in [0.15, 0.2) is 38.3 Å². The lowest BCUT2D eigenvalue weighted by Crippen LogP contribution is -2.40. The molecule has 3 N–H and O–H groups in total. The summed E-state index contributed by atoms with van der Waals surface area (Å²) in [6.45, 7) is 9.18. The van der Waals surface area contributed by atoms with E-state index in [9.17, 15) is 24.3 Å². The quantitative estimate of drug-likeness (QED) is 0.412. The Balaban J connectivity index is 1.70. The predicted octanol–water partition coefficient (Wildman–Crippen LogP) is 4.21. The SMILES string of the molecule is Cc1ccc([C@H](Nc2c(Nc3ccc(Cl)c4c3C(=O)N([C@@H](C)C(=O)O)C4)c(=O)c2=O)C(C)(C)C)o1. The van der Waals surface area contributed by atoms with E-state index in [1.807, 2.05) is 39.8 Å². The van der Waals surface area contributed by atoms with Gasteiger partial charge in [-0.15, -0.1) is 0 Å². The van der Waals surface area contributed by atoms with Gasteiger partial charge in [0.05, 0.1) is 17.3 Å². The van der Waals surface area contributed by atoms with E-state index in [0.29, 0.717) is 16.3 Å². The lowest BCUT2D eigenvalue weighted by molar-refractivity contribution is -0.141. The van der Waals surface area contributed by atoms with Crippen LogP contribution >= 0.6 is 11.6 Å². The number of halogens is 1. The molecule has 0 bridgehead atoms. The molecule has 184 valence electrons. The third-order valence-corrected chi connectivity index (χ3v) is 6.61. The van der Waals surface area contributed by atoms with E-state index in [1.54, 1.807) is 6.07 Å². The average molecular weight is 500 g/mol. The molecule has 0 saturated carbocycles. The van der Waals surface area contributed by atoms with Gasteiger partial charge in [-0.3, -0.25) is 14.4 Å². The molecule has 0 saturated heterocycles. The number of benzene rings is 1. The fourth-order valence-electron chi connectivity index (χ4n) is 4.21. The highest BCUT2D eigenvalue weighted by molar-refractivity contribution is 6.32. The molecule has 4 rings (SSSR count). The van der Waals surface area contributed by atoms with Gasteiger partial charge in [0.2, 0.25) is 0 Å². The molecule has 0 spiro atoms. The Kier molecular flexibility index (Phi) is 6.00. The maximum atomic E-state index is 13.1. The molecule has 0 fully saturated rings. The Morgan fingerprint density at radius 2 is 1.77 bits per heavy atom. The van der Waals surface area contributed by atoms with Crippen LogP contribution in [0.1, 0.15) is 61.2 Å². The molecule has 0 radical (unpaired) electrons. The first-order chi connectivity index (χ1) is 16.3. The second-order valence-electron chi connectivity index (χ2n) is 9.82. The number of nitrogens with one attached hydrogen (secondary N) is 2. The summed E-state index contributed by atoms with van der Waals surface area (Å²) in [5.41, 5.74) is -0.745. The standard InChI is InChI=1S/C25H26ClN3O6/c1-11-6-9-16(35-11)22(25(3,4)5)28-19-18(20(30)21(19)31)27-15-8-7-14(26)13-10-29(12(2)24(33)34)23(32)17(13)15/h6-9,12,22,27-28H,10H2,1-5H3,(H,33,34)/t12-,22-/m0/s1. The van der Waals surface area contributed by atoms with Crippen LogP contribution in [0.3, 0.4) is 0 Å². The maximum absolute atomic E-state index is 13.1. The molecule has 0 aliphatic carbocycles. The number of nitrogens with zero attached hydrogens (tertiary/aromatic N) is 1. The lowest BCUT2D eigenvalue weighted by atomic mass is 9.85. The number of carbonyl (C=O) groups excluding carboxylic acids is 1. The second kappa shape index (κ2) is 8.57. The first kappa shape index (κ1) is 24.5. The number of carboxylic acids is 1. The van der Waals surface area contributed by atoms with Crippen molar-refractivity contribution in [2.75, 3.05) is 10.6 Å². The van der Waals surface area contributed by atoms with Crippen LogP contribution in [0.25, 0.3) is 0 Å². The second-order valence-corrected chi connectivity index (χ2v) is 10.2. The Bertz CT molecular complexity index is 1410. The number of fused-ring (bicyclic) bond motifs is 1. The highest BCUT2D eigenvalue weighted by Gasteiger charge is 2.38. The van der Waals surface area contributed by atoms with Gasteiger partial charge >= 0.3 is 5.97 Å². The monoisotopic (exact) mass is 499 g/mol. The summed E-state index contributed by atoms with van der Waals surface area (Å²) in [6.07, 6.45) is 0. The predicted molar refractivity (Wildman–Crippen MR) is 132 cm³/mol. The van der Waals surface area contributed by atoms with Crippen molar-refractivity contribution < 1.29 is 19.1 Å². The van der Waals surface area contributed by atoms with Crippen LogP contribution in [-0.2, 0) is 11.3 Å². The third-order valence-electron chi connectivity index (χ3n) is 6.25. The van der Waals surface area contributed by atoms with Crippen molar-refractivity contribution in [3.8, 4) is 0 Å². The van der Waals surface area contributed by atoms with E-state index in [-0.39, 0.29) is 34.6 Å². The van der Waals surface area contributed by atoms with Gasteiger partial charge < -0.3 is 25.1 Å². The van der Waals surface area contributed by atoms with Gasteiger partial charge in [0, 0.05) is 17.1 Å². The number of rotatable bonds is 7. The maximum Gasteiger partial charge on any atom is 0.326 e. The minimum atomic E-state index is -1.15. The molecular formula is C25H26ClN3O6. The molecule has 2 heterocycles. The molecule has 1 aliphatic rings. The Labute approximate surface area is 206 Å². The van der Waals surface area contributed by atoms with Crippen LogP contribution in [-0.4, -0.2) is 27.9 Å². The van der Waals surface area contributed by atoms with E-state index in [0.717, 1.165) is 5.76 Å². The van der Waals surface area contributed by atoms with E-state index < -0.39 is 34.8 Å². The lowest BCUT2D eigenvalue weighted by Gasteiger charge is -2.31. The van der Waals surface area contributed by atoms with Gasteiger partial charge in [-0.05, 0) is 43.5 Å². The largest absolute Gasteiger partial charge is 0.480 e. The third kappa shape index (κ3) is 4.20. The van der Waals surface area contributed by atoms with Gasteiger partial charge in [0.1, 0.15) is 28.9 Å². The number of aliphatic carboxylic acids is 1. The van der Waals surface area contributed by atoms with Crippen LogP contribution in [0.5, 0.6) is 0 Å². The van der Waals surface area contributed by atoms with E-state index in [1.165, 1.54) is 17.9 Å². The van der Waals surface area contributed by atoms with Gasteiger partial charge in [-0.25, -0.2) is 4.79 Å². The Hall–Kier alpha value is -3.59. The van der Waals surface area contributed by atoms with Gasteiger partial charge in [0.25, 0.3) is 16.8 Å². The number of hydrogen-bond donors (Lipinski definition) is 3. The number of carbonyl (C=O) groups is 2. The first-order valence-corrected chi connectivity index (χ1v) is 11.5. The number of carboxylic acid groups (broad SMARTS) is 1. The van der Waals surface area contributed by atoms with Crippen molar-refractivity contribution in [3.05, 3.63) is 72.4 Å². The van der Waals surface area contributed by atoms with Crippen molar-refractivity contribution in [1.29, 1.82) is 0 Å². The number of anilines is 3. The summed E-state index contributed by atoms with van der Waals surface area (Å²) in [5, 5.41) is 15.8. The molecule has 0 unspecified atom stereocenters. The van der Waals surface area contributed by atoms with E-state index >= 15 is 0 Å². The molecule has 1 amide bonds. The fourth-order valence-corrected chi connectivity index (χ4v) is 4.43. The Morgan fingerprint density at radius 3 is 2.34 bits per heavy atom. The first-order valence-electron chi connectivity index (χ1n) is 11.1. The molecule has 1 aromatic heterocycles. The van der Waals surface area contributed by atoms with Gasteiger partial charge in [0.15, 0.2) is 0 Å². The van der Waals surface area contributed by atoms with Gasteiger partial charge in [-0.1, -0.05) is 32.4 Å². The molecule has 35 heavy (non-hydrogen) atoms. The topological polar surface area (TPSA) is 129 Å². The van der Waals surface area contributed by atoms with Crippen molar-refractivity contribution in [3.63, 3.8) is 0 Å². The summed E-state index contributed by atoms with van der Waals surface area (Å²) >= 11 is 6.30. The minimum Gasteiger partial charge on any atom is -0.480 e. The zero-order valence-corrected chi connectivity index (χ0v) is 20.7. The number of amides is 1. The van der Waals surface area contributed by atoms with Crippen LogP contribution in [0.4, 0.5) is 17.1 Å². The van der Waals surface area contributed by atoms with Crippen LogP contribution < -0.4 is 21.5 Å². The molecule has 10 heteroatoms. The van der Waals surface area contributed by atoms with Crippen molar-refractivity contribution in [1.82, 2.24) is 4.90 Å². The molecular weight excluding hydrogens is 474 g/mol. The minimum absolute atomic E-state index is 0.0228. The summed E-state index contributed by atoms with van der Waals surface area (Å²) < 4.78 is 5.78. The number of furan rings is 1.